The summed E-state index contributed by atoms with van der Waals surface area (Å²) in [6.45, 7) is 3.68. The van der Waals surface area contributed by atoms with Crippen LogP contribution in [-0.2, 0) is 39.7 Å². The molecule has 0 radical (unpaired) electrons. The summed E-state index contributed by atoms with van der Waals surface area (Å²) in [6.07, 6.45) is 0. The van der Waals surface area contributed by atoms with Gasteiger partial charge >= 0.3 is 0 Å². The van der Waals surface area contributed by atoms with Crippen molar-refractivity contribution >= 4 is 20.2 Å². The van der Waals surface area contributed by atoms with Crippen molar-refractivity contribution in [3.05, 3.63) is 59.7 Å². The Morgan fingerprint density at radius 1 is 0.517 bits per heavy atom. The number of aryl methyl sites for hydroxylation is 2. The molecule has 12 nitrogen and oxygen atoms in total. The van der Waals surface area contributed by atoms with Crippen molar-refractivity contribution in [1.29, 1.82) is 0 Å². The molecule has 0 aromatic heterocycles. The van der Waals surface area contributed by atoms with E-state index < -0.39 is 20.2 Å². The van der Waals surface area contributed by atoms with Crippen molar-refractivity contribution < 1.29 is 78.3 Å². The van der Waals surface area contributed by atoms with E-state index in [1.807, 2.05) is 13.8 Å². The largest absolute Gasteiger partial charge is 0.412 e. The van der Waals surface area contributed by atoms with Gasteiger partial charge in [-0.3, -0.25) is 9.11 Å². The molecule has 0 aliphatic carbocycles. The van der Waals surface area contributed by atoms with Crippen molar-refractivity contribution in [2.75, 3.05) is 0 Å². The zero-order chi connectivity index (χ0) is 17.0. The van der Waals surface area contributed by atoms with Crippen LogP contribution in [0.15, 0.2) is 58.3 Å². The molecular formula is C14H28O12RuS2. The molecule has 0 spiro atoms. The van der Waals surface area contributed by atoms with E-state index in [4.69, 9.17) is 9.11 Å². The molecule has 0 amide bonds. The molecule has 14 N–H and O–H groups in total. The summed E-state index contributed by atoms with van der Waals surface area (Å²) in [7, 11) is -8.04. The third-order valence-electron chi connectivity index (χ3n) is 2.64. The van der Waals surface area contributed by atoms with Gasteiger partial charge in [0.15, 0.2) is 0 Å². The topological polar surface area (TPSA) is 298 Å². The molecule has 0 unspecified atom stereocenters. The molecule has 0 saturated heterocycles. The maximum atomic E-state index is 10.5. The first-order valence-corrected chi connectivity index (χ1v) is 8.96. The van der Waals surface area contributed by atoms with Gasteiger partial charge in [-0.1, -0.05) is 35.4 Å². The summed E-state index contributed by atoms with van der Waals surface area (Å²) in [6, 6.07) is 12.0. The third-order valence-corrected chi connectivity index (χ3v) is 4.37. The van der Waals surface area contributed by atoms with Gasteiger partial charge in [0.25, 0.3) is 20.2 Å². The summed E-state index contributed by atoms with van der Waals surface area (Å²) in [5.74, 6) is 0. The van der Waals surface area contributed by atoms with Crippen LogP contribution in [0.3, 0.4) is 0 Å². The van der Waals surface area contributed by atoms with Gasteiger partial charge in [-0.05, 0) is 38.1 Å². The van der Waals surface area contributed by atoms with Gasteiger partial charge < -0.3 is 32.9 Å². The van der Waals surface area contributed by atoms with Crippen molar-refractivity contribution in [2.45, 2.75) is 23.6 Å². The summed E-state index contributed by atoms with van der Waals surface area (Å²) in [4.78, 5) is -0.133. The van der Waals surface area contributed by atoms with Gasteiger partial charge in [-0.2, -0.15) is 16.8 Å². The SMILES string of the molecule is Cc1ccc(S(=O)(=O)O)cc1.Cc1ccc(S(=O)(=O)O)cc1.O.O.O.O.O.O.[Ru]. The molecule has 0 aliphatic heterocycles. The second-order valence-corrected chi connectivity index (χ2v) is 7.42. The first-order chi connectivity index (χ1) is 10.00. The van der Waals surface area contributed by atoms with Crippen LogP contribution in [0.4, 0.5) is 0 Å². The zero-order valence-corrected chi connectivity index (χ0v) is 18.7. The molecule has 176 valence electrons. The average molecular weight is 554 g/mol. The Kier molecular flexibility index (Phi) is 29.6. The number of rotatable bonds is 2. The fourth-order valence-electron chi connectivity index (χ4n) is 1.42. The van der Waals surface area contributed by atoms with Crippen LogP contribution in [0.5, 0.6) is 0 Å². The van der Waals surface area contributed by atoms with Crippen molar-refractivity contribution in [1.82, 2.24) is 0 Å². The first-order valence-electron chi connectivity index (χ1n) is 6.08. The predicted octanol–water partition coefficient (Wildman–Crippen LogP) is -2.47. The van der Waals surface area contributed by atoms with E-state index in [9.17, 15) is 16.8 Å². The minimum absolute atomic E-state index is 0. The van der Waals surface area contributed by atoms with E-state index in [0.29, 0.717) is 0 Å². The molecule has 0 aliphatic rings. The molecule has 0 saturated carbocycles. The maximum Gasteiger partial charge on any atom is 0.294 e. The molecule has 2 aromatic rings. The third kappa shape index (κ3) is 17.2. The van der Waals surface area contributed by atoms with Crippen LogP contribution in [0.1, 0.15) is 11.1 Å². The van der Waals surface area contributed by atoms with Gasteiger partial charge in [0.05, 0.1) is 9.79 Å². The maximum absolute atomic E-state index is 10.5. The van der Waals surface area contributed by atoms with Crippen molar-refractivity contribution in [3.63, 3.8) is 0 Å². The molecule has 29 heavy (non-hydrogen) atoms. The monoisotopic (exact) mass is 554 g/mol. The van der Waals surface area contributed by atoms with E-state index in [2.05, 4.69) is 0 Å². The van der Waals surface area contributed by atoms with Gasteiger partial charge in [0, 0.05) is 19.5 Å². The van der Waals surface area contributed by atoms with Crippen LogP contribution in [0, 0.1) is 13.8 Å². The van der Waals surface area contributed by atoms with Gasteiger partial charge in [-0.15, -0.1) is 0 Å². The Morgan fingerprint density at radius 2 is 0.690 bits per heavy atom. The van der Waals surface area contributed by atoms with Gasteiger partial charge in [-0.25, -0.2) is 0 Å². The molecule has 0 atom stereocenters. The minimum atomic E-state index is -4.02. The van der Waals surface area contributed by atoms with Gasteiger partial charge in [0.1, 0.15) is 0 Å². The molecule has 0 bridgehead atoms. The van der Waals surface area contributed by atoms with Crippen LogP contribution < -0.4 is 0 Å². The van der Waals surface area contributed by atoms with Crippen LogP contribution >= 0.6 is 0 Å². The number of benzene rings is 2. The molecule has 0 fully saturated rings. The number of hydrogen-bond acceptors (Lipinski definition) is 4. The van der Waals surface area contributed by atoms with Crippen LogP contribution in [0.2, 0.25) is 0 Å². The molecule has 2 rings (SSSR count). The predicted molar refractivity (Wildman–Crippen MR) is 104 cm³/mol. The number of hydrogen-bond donors (Lipinski definition) is 2. The standard InChI is InChI=1S/2C7H8O3S.6H2O.Ru/c2*1-6-2-4-7(5-3-6)11(8,9)10;;;;;;;/h2*2-5H,1H3,(H,8,9,10);6*1H2;. The molecular weight excluding hydrogens is 525 g/mol. The Hall–Kier alpha value is -1.36. The van der Waals surface area contributed by atoms with E-state index in [1.165, 1.54) is 24.3 Å². The quantitative estimate of drug-likeness (QED) is 0.299. The Labute approximate surface area is 181 Å². The second-order valence-electron chi connectivity index (χ2n) is 4.58. The van der Waals surface area contributed by atoms with E-state index in [0.717, 1.165) is 11.1 Å². The second kappa shape index (κ2) is 18.7. The minimum Gasteiger partial charge on any atom is -0.412 e. The Morgan fingerprint density at radius 3 is 0.828 bits per heavy atom. The van der Waals surface area contributed by atoms with E-state index in [1.54, 1.807) is 24.3 Å². The average Bonchev–Trinajstić information content (AvgIpc) is 2.38. The van der Waals surface area contributed by atoms with Crippen molar-refractivity contribution in [3.8, 4) is 0 Å². The fourth-order valence-corrected chi connectivity index (χ4v) is 2.38. The van der Waals surface area contributed by atoms with Crippen molar-refractivity contribution in [2.24, 2.45) is 0 Å². The zero-order valence-electron chi connectivity index (χ0n) is 15.3. The fraction of sp³-hybridized carbons (Fsp3) is 0.143. The summed E-state index contributed by atoms with van der Waals surface area (Å²) in [5.41, 5.74) is 1.91. The molecule has 15 heteroatoms. The normalized spacial score (nSPS) is 8.69. The Balaban J connectivity index is -0.0000000538. The molecule has 2 aromatic carbocycles. The van der Waals surface area contributed by atoms with Gasteiger partial charge in [0.2, 0.25) is 0 Å². The Bertz CT molecular complexity index is 762. The summed E-state index contributed by atoms with van der Waals surface area (Å²) < 4.78 is 59.1. The van der Waals surface area contributed by atoms with E-state index in [-0.39, 0.29) is 62.1 Å². The summed E-state index contributed by atoms with van der Waals surface area (Å²) in [5, 5.41) is 0. The summed E-state index contributed by atoms with van der Waals surface area (Å²) >= 11 is 0. The van der Waals surface area contributed by atoms with E-state index >= 15 is 0 Å². The van der Waals surface area contributed by atoms with Crippen LogP contribution in [0.25, 0.3) is 0 Å². The molecule has 0 heterocycles. The van der Waals surface area contributed by atoms with Crippen LogP contribution in [-0.4, -0.2) is 58.8 Å². The first kappa shape index (κ1) is 46.0. The smallest absolute Gasteiger partial charge is 0.294 e.